The monoisotopic (exact) mass is 397 g/mol. The van der Waals surface area contributed by atoms with Crippen molar-refractivity contribution in [1.82, 2.24) is 25.2 Å². The maximum absolute atomic E-state index is 5.98. The Morgan fingerprint density at radius 1 is 1.03 bits per heavy atom. The Morgan fingerprint density at radius 2 is 1.79 bits per heavy atom. The summed E-state index contributed by atoms with van der Waals surface area (Å²) < 4.78 is 16.8. The van der Waals surface area contributed by atoms with Gasteiger partial charge in [0.25, 0.3) is 5.89 Å². The fourth-order valence-electron chi connectivity index (χ4n) is 3.54. The number of hydrogen-bond donors (Lipinski definition) is 0. The average Bonchev–Trinajstić information content (AvgIpc) is 3.36. The van der Waals surface area contributed by atoms with Crippen molar-refractivity contribution >= 4 is 0 Å². The zero-order chi connectivity index (χ0) is 20.1. The lowest BCUT2D eigenvalue weighted by atomic mass is 10.1. The van der Waals surface area contributed by atoms with Crippen LogP contribution in [0.2, 0.25) is 0 Å². The summed E-state index contributed by atoms with van der Waals surface area (Å²) in [6.07, 6.45) is 0. The highest BCUT2D eigenvalue weighted by atomic mass is 16.5. The van der Waals surface area contributed by atoms with Gasteiger partial charge in [0.15, 0.2) is 0 Å². The van der Waals surface area contributed by atoms with E-state index in [0.717, 1.165) is 62.8 Å². The summed E-state index contributed by atoms with van der Waals surface area (Å²) in [6.45, 7) is 11.1. The smallest absolute Gasteiger partial charge is 0.253 e. The Bertz CT molecular complexity index is 900. The van der Waals surface area contributed by atoms with Crippen molar-refractivity contribution in [2.45, 2.75) is 20.4 Å². The van der Waals surface area contributed by atoms with Crippen molar-refractivity contribution in [3.8, 4) is 22.7 Å². The molecule has 0 N–H and O–H groups in total. The normalized spacial score (nSPS) is 15.8. The van der Waals surface area contributed by atoms with E-state index in [2.05, 4.69) is 25.2 Å². The third-order valence-corrected chi connectivity index (χ3v) is 5.17. The van der Waals surface area contributed by atoms with E-state index in [1.807, 2.05) is 44.2 Å². The minimum Gasteiger partial charge on any atom is -0.419 e. The predicted molar refractivity (Wildman–Crippen MR) is 108 cm³/mol. The summed E-state index contributed by atoms with van der Waals surface area (Å²) >= 11 is 0. The van der Waals surface area contributed by atoms with E-state index in [1.54, 1.807) is 0 Å². The Kier molecular flexibility index (Phi) is 6.33. The molecule has 1 saturated heterocycles. The Morgan fingerprint density at radius 3 is 2.55 bits per heavy atom. The number of nitrogens with zero attached hydrogens (tertiary/aromatic N) is 5. The van der Waals surface area contributed by atoms with E-state index in [4.69, 9.17) is 13.7 Å². The van der Waals surface area contributed by atoms with Gasteiger partial charge in [0.1, 0.15) is 17.0 Å². The van der Waals surface area contributed by atoms with Gasteiger partial charge in [-0.05, 0) is 13.8 Å². The Balaban J connectivity index is 1.40. The van der Waals surface area contributed by atoms with Crippen molar-refractivity contribution in [1.29, 1.82) is 0 Å². The molecule has 0 bridgehead atoms. The highest BCUT2D eigenvalue weighted by molar-refractivity contribution is 5.77. The zero-order valence-electron chi connectivity index (χ0n) is 17.0. The zero-order valence-corrected chi connectivity index (χ0v) is 17.0. The first kappa shape index (κ1) is 19.8. The molecule has 0 spiro atoms. The fourth-order valence-corrected chi connectivity index (χ4v) is 3.54. The maximum atomic E-state index is 5.98. The summed E-state index contributed by atoms with van der Waals surface area (Å²) in [7, 11) is 0. The Hall–Kier alpha value is -2.55. The first-order valence-electron chi connectivity index (χ1n) is 10.1. The lowest BCUT2D eigenvalue weighted by Crippen LogP contribution is -2.46. The van der Waals surface area contributed by atoms with Crippen LogP contribution < -0.4 is 0 Å². The van der Waals surface area contributed by atoms with E-state index in [0.29, 0.717) is 24.1 Å². The number of rotatable bonds is 8. The van der Waals surface area contributed by atoms with Crippen LogP contribution in [-0.2, 0) is 11.3 Å². The standard InChI is InChI=1S/C21H27N5O3/c1-3-27-14-13-25-9-11-26(12-10-25)15-18-22-23-21(28-18)19-16(2)29-24-20(19)17-7-5-4-6-8-17/h4-8H,3,9-15H2,1-2H3. The molecule has 1 aromatic carbocycles. The van der Waals surface area contributed by atoms with Crippen molar-refractivity contribution in [3.63, 3.8) is 0 Å². The maximum Gasteiger partial charge on any atom is 0.253 e. The van der Waals surface area contributed by atoms with Crippen molar-refractivity contribution in [2.75, 3.05) is 45.9 Å². The second-order valence-corrected chi connectivity index (χ2v) is 7.14. The van der Waals surface area contributed by atoms with E-state index >= 15 is 0 Å². The van der Waals surface area contributed by atoms with Crippen LogP contribution in [0.15, 0.2) is 39.3 Å². The largest absolute Gasteiger partial charge is 0.419 e. The van der Waals surface area contributed by atoms with Gasteiger partial charge in [-0.15, -0.1) is 10.2 Å². The van der Waals surface area contributed by atoms with Gasteiger partial charge < -0.3 is 13.7 Å². The van der Waals surface area contributed by atoms with Crippen LogP contribution in [0.25, 0.3) is 22.7 Å². The predicted octanol–water partition coefficient (Wildman–Crippen LogP) is 2.85. The van der Waals surface area contributed by atoms with Gasteiger partial charge in [0.05, 0.1) is 13.2 Å². The first-order valence-corrected chi connectivity index (χ1v) is 10.1. The first-order chi connectivity index (χ1) is 14.2. The summed E-state index contributed by atoms with van der Waals surface area (Å²) in [6, 6.07) is 9.89. The topological polar surface area (TPSA) is 80.7 Å². The van der Waals surface area contributed by atoms with E-state index in [-0.39, 0.29) is 0 Å². The van der Waals surface area contributed by atoms with Gasteiger partial charge in [0, 0.05) is 44.9 Å². The lowest BCUT2D eigenvalue weighted by molar-refractivity contribution is 0.0757. The second-order valence-electron chi connectivity index (χ2n) is 7.14. The minimum absolute atomic E-state index is 0.452. The molecule has 154 valence electrons. The van der Waals surface area contributed by atoms with Crippen LogP contribution in [-0.4, -0.2) is 71.1 Å². The van der Waals surface area contributed by atoms with Gasteiger partial charge in [-0.2, -0.15) is 0 Å². The molecule has 0 amide bonds. The van der Waals surface area contributed by atoms with Crippen LogP contribution in [0, 0.1) is 6.92 Å². The molecule has 2 aromatic heterocycles. The molecule has 1 fully saturated rings. The summed E-state index contributed by atoms with van der Waals surface area (Å²) in [5.74, 6) is 1.73. The van der Waals surface area contributed by atoms with E-state index < -0.39 is 0 Å². The van der Waals surface area contributed by atoms with Gasteiger partial charge in [0.2, 0.25) is 5.89 Å². The molecule has 1 aliphatic rings. The molecule has 0 unspecified atom stereocenters. The molecule has 3 aromatic rings. The van der Waals surface area contributed by atoms with Gasteiger partial charge in [-0.25, -0.2) is 0 Å². The fraction of sp³-hybridized carbons (Fsp3) is 0.476. The van der Waals surface area contributed by atoms with Crippen molar-refractivity contribution in [3.05, 3.63) is 42.0 Å². The summed E-state index contributed by atoms with van der Waals surface area (Å²) in [5, 5.41) is 12.7. The van der Waals surface area contributed by atoms with Crippen LogP contribution >= 0.6 is 0 Å². The molecule has 8 nitrogen and oxygen atoms in total. The molecule has 3 heterocycles. The second kappa shape index (κ2) is 9.30. The van der Waals surface area contributed by atoms with E-state index in [9.17, 15) is 0 Å². The molecule has 0 saturated carbocycles. The lowest BCUT2D eigenvalue weighted by Gasteiger charge is -2.33. The highest BCUT2D eigenvalue weighted by Crippen LogP contribution is 2.33. The number of aryl methyl sites for hydroxylation is 1. The van der Waals surface area contributed by atoms with Crippen LogP contribution in [0.4, 0.5) is 0 Å². The number of ether oxygens (including phenoxy) is 1. The SMILES string of the molecule is CCOCCN1CCN(Cc2nnc(-c3c(-c4ccccc4)noc3C)o2)CC1. The molecule has 29 heavy (non-hydrogen) atoms. The average molecular weight is 397 g/mol. The number of piperazine rings is 1. The molecule has 8 heteroatoms. The van der Waals surface area contributed by atoms with Gasteiger partial charge >= 0.3 is 0 Å². The summed E-state index contributed by atoms with van der Waals surface area (Å²) in [5.41, 5.74) is 2.44. The molecule has 1 aliphatic heterocycles. The molecular formula is C21H27N5O3. The number of hydrogen-bond acceptors (Lipinski definition) is 8. The number of aromatic nitrogens is 3. The van der Waals surface area contributed by atoms with Crippen LogP contribution in [0.3, 0.4) is 0 Å². The minimum atomic E-state index is 0.452. The van der Waals surface area contributed by atoms with Crippen molar-refractivity contribution in [2.24, 2.45) is 0 Å². The Labute approximate surface area is 170 Å². The van der Waals surface area contributed by atoms with Gasteiger partial charge in [-0.1, -0.05) is 35.5 Å². The van der Waals surface area contributed by atoms with Crippen molar-refractivity contribution < 1.29 is 13.7 Å². The van der Waals surface area contributed by atoms with Gasteiger partial charge in [-0.3, -0.25) is 9.80 Å². The third kappa shape index (κ3) is 4.72. The highest BCUT2D eigenvalue weighted by Gasteiger charge is 2.23. The quantitative estimate of drug-likeness (QED) is 0.537. The molecule has 0 radical (unpaired) electrons. The van der Waals surface area contributed by atoms with E-state index in [1.165, 1.54) is 0 Å². The third-order valence-electron chi connectivity index (χ3n) is 5.17. The number of benzene rings is 1. The van der Waals surface area contributed by atoms with Crippen LogP contribution in [0.1, 0.15) is 18.6 Å². The molecule has 4 rings (SSSR count). The summed E-state index contributed by atoms with van der Waals surface area (Å²) in [4.78, 5) is 4.77. The molecule has 0 atom stereocenters. The molecular weight excluding hydrogens is 370 g/mol. The van der Waals surface area contributed by atoms with Crippen LogP contribution in [0.5, 0.6) is 0 Å². The molecule has 0 aliphatic carbocycles.